The number of benzene rings is 1. The lowest BCUT2D eigenvalue weighted by atomic mass is 10.1. The van der Waals surface area contributed by atoms with E-state index in [4.69, 9.17) is 5.11 Å². The molecule has 8 heteroatoms. The van der Waals surface area contributed by atoms with Crippen LogP contribution in [0.4, 0.5) is 11.4 Å². The molecule has 8 nitrogen and oxygen atoms in total. The number of aromatic carboxylic acids is 1. The van der Waals surface area contributed by atoms with E-state index in [0.717, 1.165) is 6.07 Å². The van der Waals surface area contributed by atoms with Crippen molar-refractivity contribution in [2.24, 2.45) is 7.05 Å². The van der Waals surface area contributed by atoms with Gasteiger partial charge < -0.3 is 10.4 Å². The molecular formula is C12H12N4O4. The Morgan fingerprint density at radius 2 is 2.25 bits per heavy atom. The number of aromatic nitrogens is 2. The van der Waals surface area contributed by atoms with Gasteiger partial charge in [-0.1, -0.05) is 0 Å². The first-order valence-electron chi connectivity index (χ1n) is 5.71. The monoisotopic (exact) mass is 276 g/mol. The highest BCUT2D eigenvalue weighted by molar-refractivity contribution is 5.94. The van der Waals surface area contributed by atoms with E-state index in [0.29, 0.717) is 5.69 Å². The van der Waals surface area contributed by atoms with Crippen LogP contribution in [0.5, 0.6) is 0 Å². The summed E-state index contributed by atoms with van der Waals surface area (Å²) in [6.07, 6.45) is 1.75. The molecule has 0 amide bonds. The lowest BCUT2D eigenvalue weighted by Crippen LogP contribution is -2.07. The summed E-state index contributed by atoms with van der Waals surface area (Å²) in [5, 5.41) is 26.8. The molecule has 0 bridgehead atoms. The molecule has 0 unspecified atom stereocenters. The van der Waals surface area contributed by atoms with Crippen LogP contribution >= 0.6 is 0 Å². The molecule has 0 atom stereocenters. The average molecular weight is 276 g/mol. The molecule has 0 aliphatic heterocycles. The largest absolute Gasteiger partial charge is 0.478 e. The number of nitrogens with one attached hydrogen (secondary N) is 1. The van der Waals surface area contributed by atoms with Crippen LogP contribution in [0.2, 0.25) is 0 Å². The van der Waals surface area contributed by atoms with Crippen molar-refractivity contribution in [3.63, 3.8) is 0 Å². The summed E-state index contributed by atoms with van der Waals surface area (Å²) in [5.74, 6) is -1.15. The Bertz CT molecular complexity index is 665. The molecule has 0 radical (unpaired) electrons. The molecule has 0 aliphatic carbocycles. The van der Waals surface area contributed by atoms with Crippen LogP contribution < -0.4 is 5.32 Å². The average Bonchev–Trinajstić information content (AvgIpc) is 2.81. The molecular weight excluding hydrogens is 264 g/mol. The Balaban J connectivity index is 2.25. The normalized spacial score (nSPS) is 10.2. The van der Waals surface area contributed by atoms with Crippen LogP contribution in [0, 0.1) is 10.1 Å². The van der Waals surface area contributed by atoms with Crippen molar-refractivity contribution in [1.82, 2.24) is 9.78 Å². The quantitative estimate of drug-likeness (QED) is 0.634. The number of carbonyl (C=O) groups is 1. The van der Waals surface area contributed by atoms with Crippen molar-refractivity contribution in [2.45, 2.75) is 6.54 Å². The van der Waals surface area contributed by atoms with Gasteiger partial charge in [-0.3, -0.25) is 14.8 Å². The van der Waals surface area contributed by atoms with Gasteiger partial charge >= 0.3 is 5.97 Å². The predicted octanol–water partition coefficient (Wildman–Crippen LogP) is 1.64. The zero-order valence-electron chi connectivity index (χ0n) is 10.6. The third-order valence-electron chi connectivity index (χ3n) is 2.67. The summed E-state index contributed by atoms with van der Waals surface area (Å²) in [5.41, 5.74) is 0.706. The molecule has 0 aliphatic rings. The van der Waals surface area contributed by atoms with Crippen LogP contribution in [0.3, 0.4) is 0 Å². The maximum atomic E-state index is 11.1. The molecule has 2 rings (SSSR count). The van der Waals surface area contributed by atoms with Crippen molar-refractivity contribution >= 4 is 17.3 Å². The molecule has 2 aromatic rings. The molecule has 0 spiro atoms. The zero-order chi connectivity index (χ0) is 14.7. The fourth-order valence-corrected chi connectivity index (χ4v) is 1.72. The van der Waals surface area contributed by atoms with Crippen LogP contribution in [0.15, 0.2) is 30.5 Å². The van der Waals surface area contributed by atoms with Gasteiger partial charge in [0.05, 0.1) is 28.4 Å². The highest BCUT2D eigenvalue weighted by Gasteiger charge is 2.15. The fraction of sp³-hybridized carbons (Fsp3) is 0.167. The molecule has 0 fully saturated rings. The van der Waals surface area contributed by atoms with Gasteiger partial charge in [0.1, 0.15) is 0 Å². The maximum Gasteiger partial charge on any atom is 0.337 e. The number of aryl methyl sites for hydroxylation is 1. The third-order valence-corrected chi connectivity index (χ3v) is 2.67. The van der Waals surface area contributed by atoms with Crippen LogP contribution in [0.1, 0.15) is 16.1 Å². The summed E-state index contributed by atoms with van der Waals surface area (Å²) >= 11 is 0. The molecule has 20 heavy (non-hydrogen) atoms. The molecule has 1 heterocycles. The van der Waals surface area contributed by atoms with Gasteiger partial charge in [0.2, 0.25) is 0 Å². The zero-order valence-corrected chi connectivity index (χ0v) is 10.6. The van der Waals surface area contributed by atoms with Gasteiger partial charge in [0, 0.05) is 25.4 Å². The van der Waals surface area contributed by atoms with E-state index in [-0.39, 0.29) is 23.5 Å². The number of carboxylic acid groups (broad SMARTS) is 1. The van der Waals surface area contributed by atoms with Gasteiger partial charge in [0.25, 0.3) is 5.69 Å². The summed E-state index contributed by atoms with van der Waals surface area (Å²) in [6, 6.07) is 5.34. The van der Waals surface area contributed by atoms with Gasteiger partial charge in [-0.25, -0.2) is 4.79 Å². The summed E-state index contributed by atoms with van der Waals surface area (Å²) < 4.78 is 1.61. The Morgan fingerprint density at radius 1 is 1.50 bits per heavy atom. The second-order valence-corrected chi connectivity index (χ2v) is 4.13. The second kappa shape index (κ2) is 5.39. The van der Waals surface area contributed by atoms with E-state index in [1.54, 1.807) is 24.0 Å². The summed E-state index contributed by atoms with van der Waals surface area (Å²) in [6.45, 7) is 0.280. The molecule has 0 saturated heterocycles. The Hall–Kier alpha value is -2.90. The van der Waals surface area contributed by atoms with E-state index in [1.165, 1.54) is 12.1 Å². The number of nitro groups is 1. The van der Waals surface area contributed by atoms with Crippen molar-refractivity contribution in [1.29, 1.82) is 0 Å². The van der Waals surface area contributed by atoms with Crippen LogP contribution in [-0.2, 0) is 13.6 Å². The number of hydrogen-bond acceptors (Lipinski definition) is 5. The number of anilines is 1. The smallest absolute Gasteiger partial charge is 0.337 e. The first-order chi connectivity index (χ1) is 9.47. The van der Waals surface area contributed by atoms with Gasteiger partial charge in [-0.05, 0) is 12.1 Å². The summed E-state index contributed by atoms with van der Waals surface area (Å²) in [7, 11) is 1.76. The lowest BCUT2D eigenvalue weighted by molar-refractivity contribution is -0.384. The van der Waals surface area contributed by atoms with Crippen molar-refractivity contribution in [3.05, 3.63) is 51.8 Å². The first-order valence-corrected chi connectivity index (χ1v) is 5.71. The molecule has 1 aromatic carbocycles. The lowest BCUT2D eigenvalue weighted by Gasteiger charge is -2.08. The first kappa shape index (κ1) is 13.5. The Kier molecular flexibility index (Phi) is 3.65. The summed E-state index contributed by atoms with van der Waals surface area (Å²) in [4.78, 5) is 21.2. The second-order valence-electron chi connectivity index (χ2n) is 4.13. The van der Waals surface area contributed by atoms with E-state index >= 15 is 0 Å². The van der Waals surface area contributed by atoms with Crippen LogP contribution in [0.25, 0.3) is 0 Å². The number of hydrogen-bond donors (Lipinski definition) is 2. The minimum absolute atomic E-state index is 0.0217. The maximum absolute atomic E-state index is 11.1. The molecule has 0 saturated carbocycles. The standard InChI is InChI=1S/C12H12N4O4/c1-15-5-4-8(14-15)7-13-11-6-9(16(19)20)2-3-10(11)12(17)18/h2-6,13H,7H2,1H3,(H,17,18). The van der Waals surface area contributed by atoms with E-state index in [1.807, 2.05) is 0 Å². The Morgan fingerprint density at radius 3 is 2.80 bits per heavy atom. The van der Waals surface area contributed by atoms with Gasteiger partial charge in [-0.2, -0.15) is 5.10 Å². The van der Waals surface area contributed by atoms with Gasteiger partial charge in [-0.15, -0.1) is 0 Å². The Labute approximate surface area is 113 Å². The van der Waals surface area contributed by atoms with E-state index < -0.39 is 10.9 Å². The fourth-order valence-electron chi connectivity index (χ4n) is 1.72. The topological polar surface area (TPSA) is 110 Å². The minimum atomic E-state index is -1.15. The third kappa shape index (κ3) is 2.91. The van der Waals surface area contributed by atoms with Crippen LogP contribution in [-0.4, -0.2) is 25.8 Å². The number of rotatable bonds is 5. The number of non-ortho nitro benzene ring substituents is 1. The predicted molar refractivity (Wildman–Crippen MR) is 70.6 cm³/mol. The van der Waals surface area contributed by atoms with Crippen molar-refractivity contribution in [2.75, 3.05) is 5.32 Å². The number of nitro benzene ring substituents is 1. The van der Waals surface area contributed by atoms with E-state index in [9.17, 15) is 14.9 Å². The van der Waals surface area contributed by atoms with Crippen molar-refractivity contribution < 1.29 is 14.8 Å². The SMILES string of the molecule is Cn1ccc(CNc2cc([N+](=O)[O-])ccc2C(=O)O)n1. The molecule has 1 aromatic heterocycles. The van der Waals surface area contributed by atoms with Crippen molar-refractivity contribution in [3.8, 4) is 0 Å². The highest BCUT2D eigenvalue weighted by atomic mass is 16.6. The molecule has 2 N–H and O–H groups in total. The number of carboxylic acids is 1. The van der Waals surface area contributed by atoms with E-state index in [2.05, 4.69) is 10.4 Å². The number of nitrogens with zero attached hydrogens (tertiary/aromatic N) is 3. The highest BCUT2D eigenvalue weighted by Crippen LogP contribution is 2.23. The minimum Gasteiger partial charge on any atom is -0.478 e. The molecule has 104 valence electrons. The van der Waals surface area contributed by atoms with Gasteiger partial charge in [0.15, 0.2) is 0 Å².